The van der Waals surface area contributed by atoms with Gasteiger partial charge in [0, 0.05) is 0 Å². The van der Waals surface area contributed by atoms with Crippen molar-refractivity contribution in [3.05, 3.63) is 36.8 Å². The van der Waals surface area contributed by atoms with Crippen molar-refractivity contribution >= 4 is 17.6 Å². The van der Waals surface area contributed by atoms with E-state index in [-0.39, 0.29) is 5.88 Å². The van der Waals surface area contributed by atoms with Crippen molar-refractivity contribution in [1.82, 2.24) is 0 Å². The standard InChI is InChI=1S/C10H10ClO2/c1-2-8-5-3-4-6-9(8)13-10(12)7-11/h3-6H,1-2,7H2. The monoisotopic (exact) mass is 197 g/mol. The molecule has 13 heavy (non-hydrogen) atoms. The Bertz CT molecular complexity index is 297. The Hall–Kier alpha value is -1.02. The Morgan fingerprint density at radius 2 is 2.15 bits per heavy atom. The fraction of sp³-hybridized carbons (Fsp3) is 0.200. The highest BCUT2D eigenvalue weighted by Crippen LogP contribution is 2.18. The molecular formula is C10H10ClO2. The minimum Gasteiger partial charge on any atom is -0.425 e. The molecule has 0 bridgehead atoms. The summed E-state index contributed by atoms with van der Waals surface area (Å²) in [4.78, 5) is 10.9. The van der Waals surface area contributed by atoms with E-state index in [1.54, 1.807) is 12.1 Å². The molecule has 0 aliphatic rings. The summed E-state index contributed by atoms with van der Waals surface area (Å²) in [5, 5.41) is 0. The Labute approximate surface area is 82.5 Å². The normalized spacial score (nSPS) is 9.69. The Morgan fingerprint density at radius 3 is 2.77 bits per heavy atom. The molecule has 1 rings (SSSR count). The van der Waals surface area contributed by atoms with E-state index < -0.39 is 5.97 Å². The lowest BCUT2D eigenvalue weighted by Gasteiger charge is -2.06. The lowest BCUT2D eigenvalue weighted by atomic mass is 10.1. The third-order valence-electron chi connectivity index (χ3n) is 1.57. The molecule has 1 aromatic carbocycles. The molecule has 0 aliphatic carbocycles. The van der Waals surface area contributed by atoms with E-state index in [0.717, 1.165) is 5.56 Å². The SMILES string of the molecule is [CH2]Cc1ccccc1OC(=O)CCl. The molecule has 0 N–H and O–H groups in total. The number of rotatable bonds is 3. The second-order valence-corrected chi connectivity index (χ2v) is 2.73. The summed E-state index contributed by atoms with van der Waals surface area (Å²) in [6.07, 6.45) is 0.589. The second kappa shape index (κ2) is 4.87. The summed E-state index contributed by atoms with van der Waals surface area (Å²) in [5.41, 5.74) is 0.904. The van der Waals surface area contributed by atoms with Gasteiger partial charge in [0.15, 0.2) is 0 Å². The maximum absolute atomic E-state index is 10.9. The average Bonchev–Trinajstić information content (AvgIpc) is 2.18. The van der Waals surface area contributed by atoms with Crippen molar-refractivity contribution < 1.29 is 9.53 Å². The molecule has 2 nitrogen and oxygen atoms in total. The first-order valence-corrected chi connectivity index (χ1v) is 4.45. The molecule has 0 fully saturated rings. The fourth-order valence-electron chi connectivity index (χ4n) is 0.960. The van der Waals surface area contributed by atoms with Crippen LogP contribution in [0.25, 0.3) is 0 Å². The smallest absolute Gasteiger partial charge is 0.326 e. The first-order valence-electron chi connectivity index (χ1n) is 3.91. The topological polar surface area (TPSA) is 26.3 Å². The number of benzene rings is 1. The highest BCUT2D eigenvalue weighted by Gasteiger charge is 2.05. The molecule has 3 heteroatoms. The van der Waals surface area contributed by atoms with Crippen LogP contribution in [0, 0.1) is 6.92 Å². The summed E-state index contributed by atoms with van der Waals surface area (Å²) < 4.78 is 4.97. The zero-order chi connectivity index (χ0) is 9.68. The van der Waals surface area contributed by atoms with Crippen molar-refractivity contribution in [2.45, 2.75) is 6.42 Å². The molecular weight excluding hydrogens is 188 g/mol. The third-order valence-corrected chi connectivity index (χ3v) is 1.79. The number of carbonyl (C=O) groups excluding carboxylic acids is 1. The average molecular weight is 198 g/mol. The molecule has 0 unspecified atom stereocenters. The molecule has 0 saturated carbocycles. The number of carbonyl (C=O) groups is 1. The Kier molecular flexibility index (Phi) is 3.77. The van der Waals surface area contributed by atoms with Crippen LogP contribution in [-0.4, -0.2) is 11.8 Å². The van der Waals surface area contributed by atoms with E-state index in [2.05, 4.69) is 6.92 Å². The van der Waals surface area contributed by atoms with Crippen LogP contribution in [0.2, 0.25) is 0 Å². The molecule has 0 amide bonds. The largest absolute Gasteiger partial charge is 0.425 e. The summed E-state index contributed by atoms with van der Waals surface area (Å²) in [6, 6.07) is 7.27. The first-order chi connectivity index (χ1) is 6.27. The fourth-order valence-corrected chi connectivity index (χ4v) is 1.01. The molecule has 0 heterocycles. The van der Waals surface area contributed by atoms with E-state index in [4.69, 9.17) is 16.3 Å². The minimum absolute atomic E-state index is 0.133. The second-order valence-electron chi connectivity index (χ2n) is 2.47. The van der Waals surface area contributed by atoms with Crippen molar-refractivity contribution in [2.24, 2.45) is 0 Å². The molecule has 69 valence electrons. The summed E-state index contributed by atoms with van der Waals surface area (Å²) in [6.45, 7) is 3.73. The van der Waals surface area contributed by atoms with Gasteiger partial charge in [0.2, 0.25) is 0 Å². The Balaban J connectivity index is 2.81. The highest BCUT2D eigenvalue weighted by molar-refractivity contribution is 6.26. The van der Waals surface area contributed by atoms with Gasteiger partial charge in [0.25, 0.3) is 0 Å². The van der Waals surface area contributed by atoms with E-state index in [1.165, 1.54) is 0 Å². The van der Waals surface area contributed by atoms with Gasteiger partial charge in [-0.2, -0.15) is 0 Å². The van der Waals surface area contributed by atoms with Gasteiger partial charge in [-0.3, -0.25) is 4.79 Å². The predicted molar refractivity (Wildman–Crippen MR) is 51.9 cm³/mol. The number of hydrogen-bond donors (Lipinski definition) is 0. The van der Waals surface area contributed by atoms with E-state index in [9.17, 15) is 4.79 Å². The number of hydrogen-bond acceptors (Lipinski definition) is 2. The van der Waals surface area contributed by atoms with Crippen LogP contribution in [0.5, 0.6) is 5.75 Å². The van der Waals surface area contributed by atoms with Gasteiger partial charge >= 0.3 is 5.97 Å². The summed E-state index contributed by atoms with van der Waals surface area (Å²) in [5.74, 6) is -0.0309. The molecule has 1 radical (unpaired) electrons. The lowest BCUT2D eigenvalue weighted by molar-refractivity contribution is -0.131. The molecule has 1 aromatic rings. The third kappa shape index (κ3) is 2.74. The van der Waals surface area contributed by atoms with Crippen LogP contribution in [0.4, 0.5) is 0 Å². The van der Waals surface area contributed by atoms with Crippen LogP contribution < -0.4 is 4.74 Å². The van der Waals surface area contributed by atoms with Gasteiger partial charge in [-0.1, -0.05) is 18.2 Å². The molecule has 0 aromatic heterocycles. The number of ether oxygens (including phenoxy) is 1. The summed E-state index contributed by atoms with van der Waals surface area (Å²) in [7, 11) is 0. The van der Waals surface area contributed by atoms with Crippen molar-refractivity contribution in [3.63, 3.8) is 0 Å². The van der Waals surface area contributed by atoms with Crippen LogP contribution in [0.3, 0.4) is 0 Å². The zero-order valence-electron chi connectivity index (χ0n) is 7.13. The van der Waals surface area contributed by atoms with Gasteiger partial charge in [-0.05, 0) is 25.0 Å². The van der Waals surface area contributed by atoms with Gasteiger partial charge in [0.05, 0.1) is 0 Å². The van der Waals surface area contributed by atoms with Gasteiger partial charge in [0.1, 0.15) is 11.6 Å². The maximum Gasteiger partial charge on any atom is 0.326 e. The molecule has 0 spiro atoms. The quantitative estimate of drug-likeness (QED) is 0.422. The van der Waals surface area contributed by atoms with E-state index >= 15 is 0 Å². The van der Waals surface area contributed by atoms with Gasteiger partial charge in [-0.25, -0.2) is 0 Å². The number of esters is 1. The number of para-hydroxylation sites is 1. The summed E-state index contributed by atoms with van der Waals surface area (Å²) >= 11 is 5.31. The van der Waals surface area contributed by atoms with Gasteiger partial charge in [-0.15, -0.1) is 11.6 Å². The van der Waals surface area contributed by atoms with Gasteiger partial charge < -0.3 is 4.74 Å². The van der Waals surface area contributed by atoms with Crippen LogP contribution in [0.15, 0.2) is 24.3 Å². The Morgan fingerprint density at radius 1 is 1.46 bits per heavy atom. The van der Waals surface area contributed by atoms with Crippen molar-refractivity contribution in [3.8, 4) is 5.75 Å². The first kappa shape index (κ1) is 10.1. The van der Waals surface area contributed by atoms with E-state index in [1.807, 2.05) is 12.1 Å². The number of halogens is 1. The van der Waals surface area contributed by atoms with Crippen molar-refractivity contribution in [1.29, 1.82) is 0 Å². The molecule has 0 aliphatic heterocycles. The van der Waals surface area contributed by atoms with E-state index in [0.29, 0.717) is 12.2 Å². The van der Waals surface area contributed by atoms with Crippen LogP contribution in [-0.2, 0) is 11.2 Å². The predicted octanol–water partition coefficient (Wildman–Crippen LogP) is 2.21. The molecule has 0 atom stereocenters. The van der Waals surface area contributed by atoms with Crippen LogP contribution >= 0.6 is 11.6 Å². The number of alkyl halides is 1. The van der Waals surface area contributed by atoms with Crippen LogP contribution in [0.1, 0.15) is 5.56 Å². The van der Waals surface area contributed by atoms with Crippen molar-refractivity contribution in [2.75, 3.05) is 5.88 Å². The lowest BCUT2D eigenvalue weighted by Crippen LogP contribution is -2.10. The maximum atomic E-state index is 10.9. The molecule has 0 saturated heterocycles. The zero-order valence-corrected chi connectivity index (χ0v) is 7.88. The highest BCUT2D eigenvalue weighted by atomic mass is 35.5. The minimum atomic E-state index is -0.442.